The van der Waals surface area contributed by atoms with Gasteiger partial charge in [-0.1, -0.05) is 18.2 Å². The minimum Gasteiger partial charge on any atom is -0.444 e. The van der Waals surface area contributed by atoms with Gasteiger partial charge in [0.2, 0.25) is 5.89 Å². The molecule has 2 aromatic rings. The van der Waals surface area contributed by atoms with Gasteiger partial charge in [0.15, 0.2) is 0 Å². The highest BCUT2D eigenvalue weighted by molar-refractivity contribution is 7.99. The lowest BCUT2D eigenvalue weighted by atomic mass is 9.96. The number of aromatic nitrogens is 1. The van der Waals surface area contributed by atoms with E-state index in [0.717, 1.165) is 17.1 Å². The van der Waals surface area contributed by atoms with Crippen molar-refractivity contribution in [1.29, 1.82) is 0 Å². The van der Waals surface area contributed by atoms with Gasteiger partial charge in [0, 0.05) is 5.56 Å². The molecule has 0 bridgehead atoms. The number of hydrogen-bond acceptors (Lipinski definition) is 5. The zero-order valence-electron chi connectivity index (χ0n) is 12.1. The van der Waals surface area contributed by atoms with E-state index in [1.54, 1.807) is 11.8 Å². The maximum Gasteiger partial charge on any atom is 0.252 e. The molecule has 2 N–H and O–H groups in total. The summed E-state index contributed by atoms with van der Waals surface area (Å²) < 4.78 is 5.43. The van der Waals surface area contributed by atoms with Gasteiger partial charge in [-0.05, 0) is 36.5 Å². The van der Waals surface area contributed by atoms with Crippen LogP contribution in [0, 0.1) is 0 Å². The summed E-state index contributed by atoms with van der Waals surface area (Å²) >= 11 is 1.76. The molecule has 0 unspecified atom stereocenters. The molecule has 1 amide bonds. The van der Waals surface area contributed by atoms with Gasteiger partial charge in [-0.3, -0.25) is 4.79 Å². The Morgan fingerprint density at radius 1 is 1.32 bits per heavy atom. The van der Waals surface area contributed by atoms with Crippen LogP contribution in [-0.4, -0.2) is 33.1 Å². The molecule has 1 aliphatic rings. The summed E-state index contributed by atoms with van der Waals surface area (Å²) in [4.78, 5) is 16.5. The van der Waals surface area contributed by atoms with Crippen LogP contribution in [0.2, 0.25) is 0 Å². The highest BCUT2D eigenvalue weighted by atomic mass is 32.2. The Balaban J connectivity index is 1.60. The molecule has 0 aliphatic carbocycles. The normalized spacial score (nSPS) is 17.1. The quantitative estimate of drug-likeness (QED) is 0.904. The van der Waals surface area contributed by atoms with Crippen molar-refractivity contribution < 1.29 is 14.3 Å². The third-order valence-electron chi connectivity index (χ3n) is 3.75. The fraction of sp³-hybridized carbons (Fsp3) is 0.375. The summed E-state index contributed by atoms with van der Waals surface area (Å²) in [6, 6.07) is 9.58. The molecule has 0 spiro atoms. The van der Waals surface area contributed by atoms with Crippen LogP contribution in [-0.2, 0) is 11.3 Å². The molecule has 2 heterocycles. The molecule has 1 fully saturated rings. The molecule has 1 aromatic carbocycles. The predicted octanol–water partition coefficient (Wildman–Crippen LogP) is 2.22. The summed E-state index contributed by atoms with van der Waals surface area (Å²) in [6.45, 7) is 0.255. The summed E-state index contributed by atoms with van der Waals surface area (Å²) in [5.41, 5.74) is 0.293. The van der Waals surface area contributed by atoms with E-state index >= 15 is 0 Å². The molecular weight excluding hydrogens is 300 g/mol. The molecule has 116 valence electrons. The van der Waals surface area contributed by atoms with Crippen LogP contribution < -0.4 is 5.32 Å². The van der Waals surface area contributed by atoms with E-state index in [1.165, 1.54) is 6.26 Å². The number of benzene rings is 1. The van der Waals surface area contributed by atoms with Crippen LogP contribution in [0.4, 0.5) is 0 Å². The van der Waals surface area contributed by atoms with Gasteiger partial charge in [0.05, 0.1) is 12.2 Å². The summed E-state index contributed by atoms with van der Waals surface area (Å²) in [5, 5.41) is 13.1. The van der Waals surface area contributed by atoms with Crippen molar-refractivity contribution in [3.05, 3.63) is 42.3 Å². The first-order valence-corrected chi connectivity index (χ1v) is 8.41. The number of carbonyl (C=O) groups is 1. The fourth-order valence-corrected chi connectivity index (χ4v) is 3.54. The van der Waals surface area contributed by atoms with Crippen LogP contribution in [0.15, 0.2) is 41.0 Å². The maximum atomic E-state index is 12.1. The van der Waals surface area contributed by atoms with E-state index in [4.69, 9.17) is 4.42 Å². The number of nitrogens with zero attached hydrogens (tertiary/aromatic N) is 1. The molecule has 3 rings (SSSR count). The minimum atomic E-state index is -1.24. The Hall–Kier alpha value is -1.79. The smallest absolute Gasteiger partial charge is 0.252 e. The first-order chi connectivity index (χ1) is 10.7. The van der Waals surface area contributed by atoms with E-state index in [9.17, 15) is 9.90 Å². The average molecular weight is 318 g/mol. The van der Waals surface area contributed by atoms with Crippen LogP contribution >= 0.6 is 11.8 Å². The zero-order valence-corrected chi connectivity index (χ0v) is 12.9. The number of nitrogens with one attached hydrogen (secondary N) is 1. The van der Waals surface area contributed by atoms with E-state index in [1.807, 2.05) is 30.3 Å². The second kappa shape index (κ2) is 6.54. The van der Waals surface area contributed by atoms with E-state index in [2.05, 4.69) is 10.3 Å². The van der Waals surface area contributed by atoms with Crippen molar-refractivity contribution in [3.63, 3.8) is 0 Å². The minimum absolute atomic E-state index is 0.255. The topological polar surface area (TPSA) is 75.4 Å². The van der Waals surface area contributed by atoms with Crippen molar-refractivity contribution in [2.24, 2.45) is 0 Å². The molecule has 0 saturated carbocycles. The largest absolute Gasteiger partial charge is 0.444 e. The third kappa shape index (κ3) is 3.34. The van der Waals surface area contributed by atoms with Gasteiger partial charge in [-0.2, -0.15) is 11.8 Å². The van der Waals surface area contributed by atoms with Crippen molar-refractivity contribution >= 4 is 17.7 Å². The van der Waals surface area contributed by atoms with Crippen LogP contribution in [0.3, 0.4) is 0 Å². The summed E-state index contributed by atoms with van der Waals surface area (Å²) in [7, 11) is 0. The second-order valence-corrected chi connectivity index (χ2v) is 6.56. The van der Waals surface area contributed by atoms with Crippen molar-refractivity contribution in [2.75, 3.05) is 11.5 Å². The Kier molecular flexibility index (Phi) is 4.49. The van der Waals surface area contributed by atoms with Crippen molar-refractivity contribution in [3.8, 4) is 11.5 Å². The Morgan fingerprint density at radius 2 is 2.05 bits per heavy atom. The lowest BCUT2D eigenvalue weighted by molar-refractivity contribution is -0.140. The van der Waals surface area contributed by atoms with Gasteiger partial charge in [-0.25, -0.2) is 4.98 Å². The highest BCUT2D eigenvalue weighted by Gasteiger charge is 2.37. The van der Waals surface area contributed by atoms with Gasteiger partial charge >= 0.3 is 0 Å². The van der Waals surface area contributed by atoms with Crippen LogP contribution in [0.1, 0.15) is 18.5 Å². The molecule has 0 atom stereocenters. The first kappa shape index (κ1) is 15.1. The highest BCUT2D eigenvalue weighted by Crippen LogP contribution is 2.27. The van der Waals surface area contributed by atoms with E-state index < -0.39 is 5.60 Å². The number of rotatable bonds is 4. The first-order valence-electron chi connectivity index (χ1n) is 7.26. The van der Waals surface area contributed by atoms with Gasteiger partial charge in [0.1, 0.15) is 11.9 Å². The summed E-state index contributed by atoms with van der Waals surface area (Å²) in [5.74, 6) is 1.83. The number of aliphatic hydroxyl groups is 1. The van der Waals surface area contributed by atoms with Gasteiger partial charge in [-0.15, -0.1) is 0 Å². The second-order valence-electron chi connectivity index (χ2n) is 5.34. The third-order valence-corrected chi connectivity index (χ3v) is 4.73. The monoisotopic (exact) mass is 318 g/mol. The molecule has 5 nitrogen and oxygen atoms in total. The number of carbonyl (C=O) groups excluding carboxylic acids is 1. The standard InChI is InChI=1S/C16H18N2O3S/c19-15(16(20)6-8-22-9-7-16)17-10-13-11-21-14(18-13)12-4-2-1-3-5-12/h1-5,11,20H,6-10H2,(H,17,19). The number of thioether (sulfide) groups is 1. The molecule has 1 aliphatic heterocycles. The average Bonchev–Trinajstić information content (AvgIpc) is 3.03. The molecule has 6 heteroatoms. The molecule has 22 heavy (non-hydrogen) atoms. The SMILES string of the molecule is O=C(NCc1coc(-c2ccccc2)n1)C1(O)CCSCC1. The molecule has 1 saturated heterocycles. The van der Waals surface area contributed by atoms with Gasteiger partial charge < -0.3 is 14.8 Å². The van der Waals surface area contributed by atoms with Crippen LogP contribution in [0.5, 0.6) is 0 Å². The number of oxazole rings is 1. The Labute approximate surface area is 133 Å². The number of hydrogen-bond donors (Lipinski definition) is 2. The van der Waals surface area contributed by atoms with Crippen molar-refractivity contribution in [2.45, 2.75) is 25.0 Å². The van der Waals surface area contributed by atoms with E-state index in [-0.39, 0.29) is 12.5 Å². The van der Waals surface area contributed by atoms with Crippen LogP contribution in [0.25, 0.3) is 11.5 Å². The Bertz CT molecular complexity index is 636. The Morgan fingerprint density at radius 3 is 2.77 bits per heavy atom. The lowest BCUT2D eigenvalue weighted by Crippen LogP contribution is -2.48. The maximum absolute atomic E-state index is 12.1. The zero-order chi connectivity index (χ0) is 15.4. The van der Waals surface area contributed by atoms with E-state index in [0.29, 0.717) is 24.4 Å². The number of amides is 1. The van der Waals surface area contributed by atoms with Gasteiger partial charge in [0.25, 0.3) is 5.91 Å². The molecule has 0 radical (unpaired) electrons. The molecular formula is C16H18N2O3S. The molecule has 1 aromatic heterocycles. The predicted molar refractivity (Wildman–Crippen MR) is 85.3 cm³/mol. The summed E-state index contributed by atoms with van der Waals surface area (Å²) in [6.07, 6.45) is 2.53. The lowest BCUT2D eigenvalue weighted by Gasteiger charge is -2.30. The fourth-order valence-electron chi connectivity index (χ4n) is 2.37. The van der Waals surface area contributed by atoms with Crippen molar-refractivity contribution in [1.82, 2.24) is 10.3 Å².